The van der Waals surface area contributed by atoms with Gasteiger partial charge in [0.15, 0.2) is 17.7 Å². The second kappa shape index (κ2) is 10.3. The third-order valence-electron chi connectivity index (χ3n) is 5.69. The first-order valence-corrected chi connectivity index (χ1v) is 12.2. The molecule has 2 aromatic carbocycles. The summed E-state index contributed by atoms with van der Waals surface area (Å²) in [5, 5.41) is 30.1. The minimum atomic E-state index is -0.881. The van der Waals surface area contributed by atoms with Gasteiger partial charge in [0.05, 0.1) is 18.1 Å². The molecule has 4 N–H and O–H groups in total. The average molecular weight is 600 g/mol. The number of hydrogen-bond donors (Lipinski definition) is 4. The van der Waals surface area contributed by atoms with Crippen LogP contribution in [0.3, 0.4) is 0 Å². The molecule has 0 radical (unpaired) electrons. The Morgan fingerprint density at radius 1 is 1.00 bits per heavy atom. The second-order valence-electron chi connectivity index (χ2n) is 8.08. The number of aliphatic hydroxyl groups is 2. The van der Waals surface area contributed by atoms with E-state index in [9.17, 15) is 19.8 Å². The van der Waals surface area contributed by atoms with Gasteiger partial charge >= 0.3 is 0 Å². The van der Waals surface area contributed by atoms with Gasteiger partial charge in [-0.25, -0.2) is 4.68 Å². The van der Waals surface area contributed by atoms with E-state index in [1.54, 1.807) is 60.7 Å². The van der Waals surface area contributed by atoms with Gasteiger partial charge in [0.2, 0.25) is 5.95 Å². The highest BCUT2D eigenvalue weighted by molar-refractivity contribution is 14.1. The normalized spacial score (nSPS) is 19.4. The number of rotatable bonds is 6. The summed E-state index contributed by atoms with van der Waals surface area (Å²) in [7, 11) is 0. The number of benzene rings is 2. The average Bonchev–Trinajstić information content (AvgIpc) is 3.44. The highest BCUT2D eigenvalue weighted by Crippen LogP contribution is 2.34. The van der Waals surface area contributed by atoms with Gasteiger partial charge in [-0.1, -0.05) is 36.4 Å². The first kappa shape index (κ1) is 24.2. The molecular formula is C24H21IN6O5. The summed E-state index contributed by atoms with van der Waals surface area (Å²) >= 11 is 2.00. The standard InChI is InChI=1S/C24H21IN6O5/c25-19-18-20(26-22(34)13-7-3-1-4-8-13)27-24(29-23(35)14-9-5-2-6-10-14)28-21(18)31(30-19)17-11-15(33)16(12-32)36-17/h1-10,15-17,32-33H,11-12H2,(H2,26,27,28,29,34,35)/t15-,16+,17+/m0/s1. The van der Waals surface area contributed by atoms with Crippen molar-refractivity contribution in [3.8, 4) is 0 Å². The van der Waals surface area contributed by atoms with Crippen molar-refractivity contribution in [3.05, 3.63) is 75.5 Å². The fraction of sp³-hybridized carbons (Fsp3) is 0.208. The zero-order valence-electron chi connectivity index (χ0n) is 18.7. The number of nitrogens with zero attached hydrogens (tertiary/aromatic N) is 4. The van der Waals surface area contributed by atoms with E-state index >= 15 is 0 Å². The molecule has 0 spiro atoms. The fourth-order valence-electron chi connectivity index (χ4n) is 3.90. The Labute approximate surface area is 218 Å². The zero-order valence-corrected chi connectivity index (χ0v) is 20.9. The molecular weight excluding hydrogens is 579 g/mol. The molecule has 0 saturated carbocycles. The van der Waals surface area contributed by atoms with Crippen LogP contribution in [-0.4, -0.2) is 60.6 Å². The number of aliphatic hydroxyl groups excluding tert-OH is 2. The molecule has 0 aliphatic carbocycles. The van der Waals surface area contributed by atoms with Crippen LogP contribution in [0.15, 0.2) is 60.7 Å². The number of anilines is 2. The molecule has 1 fully saturated rings. The summed E-state index contributed by atoms with van der Waals surface area (Å²) in [6.45, 7) is -0.348. The van der Waals surface area contributed by atoms with Crippen LogP contribution >= 0.6 is 22.6 Å². The number of amides is 2. The quantitative estimate of drug-likeness (QED) is 0.247. The van der Waals surface area contributed by atoms with Crippen LogP contribution in [0.5, 0.6) is 0 Å². The van der Waals surface area contributed by atoms with Crippen molar-refractivity contribution >= 4 is 57.2 Å². The molecule has 11 nitrogen and oxygen atoms in total. The number of halogens is 1. The lowest BCUT2D eigenvalue weighted by atomic mass is 10.2. The summed E-state index contributed by atoms with van der Waals surface area (Å²) in [5.41, 5.74) is 1.12. The lowest BCUT2D eigenvalue weighted by molar-refractivity contribution is -0.0471. The molecule has 1 aliphatic heterocycles. The third kappa shape index (κ3) is 4.80. The second-order valence-corrected chi connectivity index (χ2v) is 9.11. The monoisotopic (exact) mass is 600 g/mol. The van der Waals surface area contributed by atoms with E-state index in [-0.39, 0.29) is 30.4 Å². The Balaban J connectivity index is 1.57. The van der Waals surface area contributed by atoms with Crippen molar-refractivity contribution in [1.29, 1.82) is 0 Å². The van der Waals surface area contributed by atoms with Gasteiger partial charge in [-0.2, -0.15) is 15.1 Å². The third-order valence-corrected chi connectivity index (χ3v) is 6.45. The maximum atomic E-state index is 12.9. The lowest BCUT2D eigenvalue weighted by Gasteiger charge is -2.14. The Hall–Kier alpha value is -3.46. The molecule has 0 unspecified atom stereocenters. The minimum absolute atomic E-state index is 0.0467. The van der Waals surface area contributed by atoms with Crippen molar-refractivity contribution in [2.75, 3.05) is 17.2 Å². The van der Waals surface area contributed by atoms with Crippen LogP contribution < -0.4 is 10.6 Å². The predicted molar refractivity (Wildman–Crippen MR) is 138 cm³/mol. The molecule has 2 amide bonds. The Morgan fingerprint density at radius 2 is 1.61 bits per heavy atom. The number of aromatic nitrogens is 4. The van der Waals surface area contributed by atoms with E-state index in [0.717, 1.165) is 0 Å². The van der Waals surface area contributed by atoms with Crippen molar-refractivity contribution in [1.82, 2.24) is 19.7 Å². The Morgan fingerprint density at radius 3 is 2.19 bits per heavy atom. The summed E-state index contributed by atoms with van der Waals surface area (Å²) in [4.78, 5) is 34.6. The molecule has 5 rings (SSSR count). The smallest absolute Gasteiger partial charge is 0.258 e. The maximum Gasteiger partial charge on any atom is 0.258 e. The van der Waals surface area contributed by atoms with Gasteiger partial charge in [-0.15, -0.1) is 0 Å². The highest BCUT2D eigenvalue weighted by atomic mass is 127. The summed E-state index contributed by atoms with van der Waals surface area (Å²) < 4.78 is 7.72. The van der Waals surface area contributed by atoms with E-state index in [0.29, 0.717) is 20.2 Å². The van der Waals surface area contributed by atoms with Gasteiger partial charge in [-0.3, -0.25) is 14.9 Å². The molecule has 0 bridgehead atoms. The molecule has 12 heteroatoms. The maximum absolute atomic E-state index is 12.9. The SMILES string of the molecule is O=C(Nc1nc(NC(=O)c2ccccc2)c2c(I)nn([C@H]3C[C@H](O)[C@@H](CO)O3)c2n1)c1ccccc1. The van der Waals surface area contributed by atoms with Crippen LogP contribution in [0.1, 0.15) is 33.4 Å². The topological polar surface area (TPSA) is 151 Å². The van der Waals surface area contributed by atoms with Gasteiger partial charge < -0.3 is 20.3 Å². The van der Waals surface area contributed by atoms with Crippen molar-refractivity contribution in [3.63, 3.8) is 0 Å². The number of hydrogen-bond acceptors (Lipinski definition) is 8. The Kier molecular flexibility index (Phi) is 6.91. The molecule has 2 aromatic heterocycles. The summed E-state index contributed by atoms with van der Waals surface area (Å²) in [6, 6.07) is 17.2. The van der Waals surface area contributed by atoms with Gasteiger partial charge in [0.25, 0.3) is 11.8 Å². The number of nitrogens with one attached hydrogen (secondary N) is 2. The van der Waals surface area contributed by atoms with Crippen LogP contribution in [0, 0.1) is 3.70 Å². The van der Waals surface area contributed by atoms with Gasteiger partial charge in [0.1, 0.15) is 9.80 Å². The molecule has 184 valence electrons. The first-order valence-electron chi connectivity index (χ1n) is 11.1. The fourth-order valence-corrected chi connectivity index (χ4v) is 4.63. The van der Waals surface area contributed by atoms with Crippen LogP contribution in [-0.2, 0) is 4.74 Å². The van der Waals surface area contributed by atoms with Crippen molar-refractivity contribution in [2.45, 2.75) is 24.9 Å². The zero-order chi connectivity index (χ0) is 25.2. The first-order chi connectivity index (χ1) is 17.4. The van der Waals surface area contributed by atoms with E-state index in [1.165, 1.54) is 4.68 Å². The van der Waals surface area contributed by atoms with Crippen molar-refractivity contribution in [2.24, 2.45) is 0 Å². The van der Waals surface area contributed by atoms with Crippen LogP contribution in [0.25, 0.3) is 11.0 Å². The van der Waals surface area contributed by atoms with E-state index in [4.69, 9.17) is 4.74 Å². The van der Waals surface area contributed by atoms with E-state index < -0.39 is 30.3 Å². The molecule has 36 heavy (non-hydrogen) atoms. The number of carbonyl (C=O) groups excluding carboxylic acids is 2. The minimum Gasteiger partial charge on any atom is -0.394 e. The number of carbonyl (C=O) groups is 2. The predicted octanol–water partition coefficient (Wildman–Crippen LogP) is 2.58. The van der Waals surface area contributed by atoms with E-state index in [1.807, 2.05) is 22.6 Å². The molecule has 4 aromatic rings. The number of fused-ring (bicyclic) bond motifs is 1. The molecule has 1 aliphatic rings. The van der Waals surface area contributed by atoms with Crippen LogP contribution in [0.4, 0.5) is 11.8 Å². The van der Waals surface area contributed by atoms with Gasteiger partial charge in [0, 0.05) is 17.5 Å². The molecule has 3 atom stereocenters. The number of ether oxygens (including phenoxy) is 1. The summed E-state index contributed by atoms with van der Waals surface area (Å²) in [6.07, 6.45) is -2.18. The Bertz CT molecular complexity index is 1420. The molecule has 1 saturated heterocycles. The van der Waals surface area contributed by atoms with Gasteiger partial charge in [-0.05, 0) is 46.9 Å². The highest BCUT2D eigenvalue weighted by Gasteiger charge is 2.36. The summed E-state index contributed by atoms with van der Waals surface area (Å²) in [5.74, 6) is -0.712. The van der Waals surface area contributed by atoms with Crippen molar-refractivity contribution < 1.29 is 24.5 Å². The largest absolute Gasteiger partial charge is 0.394 e. The molecule has 3 heterocycles. The lowest BCUT2D eigenvalue weighted by Crippen LogP contribution is -2.24. The van der Waals surface area contributed by atoms with E-state index in [2.05, 4.69) is 25.7 Å². The van der Waals surface area contributed by atoms with Crippen LogP contribution in [0.2, 0.25) is 0 Å².